The highest BCUT2D eigenvalue weighted by atomic mass is 32.2. The molecule has 1 atom stereocenters. The fraction of sp³-hybridized carbons (Fsp3) is 0.500. The molecule has 1 saturated heterocycles. The number of hydrogen-bond donors (Lipinski definition) is 0. The van der Waals surface area contributed by atoms with Crippen LogP contribution < -0.4 is 5.56 Å². The third-order valence-corrected chi connectivity index (χ3v) is 7.42. The van der Waals surface area contributed by atoms with Gasteiger partial charge in [-0.1, -0.05) is 30.3 Å². The molecule has 3 heterocycles. The molecule has 1 aliphatic carbocycles. The second kappa shape index (κ2) is 7.07. The molecular formula is C22H25N3O2S. The van der Waals surface area contributed by atoms with E-state index in [1.54, 1.807) is 10.7 Å². The van der Waals surface area contributed by atoms with Gasteiger partial charge >= 0.3 is 0 Å². The number of fused-ring (bicyclic) bond motifs is 1. The summed E-state index contributed by atoms with van der Waals surface area (Å²) in [5, 5.41) is 4.66. The van der Waals surface area contributed by atoms with Crippen molar-refractivity contribution in [2.75, 3.05) is 12.3 Å². The van der Waals surface area contributed by atoms with E-state index in [9.17, 15) is 9.59 Å². The Balaban J connectivity index is 1.38. The summed E-state index contributed by atoms with van der Waals surface area (Å²) in [6.07, 6.45) is 4.71. The highest BCUT2D eigenvalue weighted by Crippen LogP contribution is 2.50. The lowest BCUT2D eigenvalue weighted by Gasteiger charge is -2.29. The molecule has 1 saturated carbocycles. The maximum atomic E-state index is 13.5. The molecule has 1 aromatic carbocycles. The van der Waals surface area contributed by atoms with Crippen molar-refractivity contribution in [2.45, 2.75) is 55.9 Å². The van der Waals surface area contributed by atoms with Gasteiger partial charge in [0, 0.05) is 24.8 Å². The highest BCUT2D eigenvalue weighted by Gasteiger charge is 2.54. The summed E-state index contributed by atoms with van der Waals surface area (Å²) in [4.78, 5) is 28.1. The Hall–Kier alpha value is -2.08. The molecule has 2 fully saturated rings. The number of thioether (sulfide) groups is 1. The van der Waals surface area contributed by atoms with Crippen LogP contribution in [0.15, 0.2) is 41.2 Å². The van der Waals surface area contributed by atoms with Crippen molar-refractivity contribution in [3.05, 3.63) is 63.6 Å². The lowest BCUT2D eigenvalue weighted by atomic mass is 9.94. The average molecular weight is 396 g/mol. The van der Waals surface area contributed by atoms with Gasteiger partial charge in [0.25, 0.3) is 5.56 Å². The third-order valence-electron chi connectivity index (χ3n) is 6.41. The maximum Gasteiger partial charge on any atom is 0.267 e. The minimum atomic E-state index is -0.338. The van der Waals surface area contributed by atoms with Gasteiger partial charge < -0.3 is 4.90 Å². The molecule has 1 amide bonds. The van der Waals surface area contributed by atoms with Gasteiger partial charge in [0.15, 0.2) is 0 Å². The average Bonchev–Trinajstić information content (AvgIpc) is 3.42. The van der Waals surface area contributed by atoms with Gasteiger partial charge in [-0.15, -0.1) is 0 Å². The number of rotatable bonds is 4. The van der Waals surface area contributed by atoms with Crippen LogP contribution in [0.25, 0.3) is 0 Å². The molecule has 0 spiro atoms. The zero-order chi connectivity index (χ0) is 19.1. The second-order valence-electron chi connectivity index (χ2n) is 8.18. The number of carbonyl (C=O) groups excluding carboxylic acids is 1. The number of likely N-dealkylation sites (tertiary alicyclic amines) is 1. The van der Waals surface area contributed by atoms with Crippen molar-refractivity contribution in [3.8, 4) is 0 Å². The summed E-state index contributed by atoms with van der Waals surface area (Å²) in [6.45, 7) is 1.30. The molecule has 5 rings (SSSR count). The van der Waals surface area contributed by atoms with Gasteiger partial charge in [0.2, 0.25) is 5.91 Å². The largest absolute Gasteiger partial charge is 0.337 e. The Morgan fingerprint density at radius 3 is 2.86 bits per heavy atom. The van der Waals surface area contributed by atoms with E-state index in [0.29, 0.717) is 6.54 Å². The zero-order valence-electron chi connectivity index (χ0n) is 16.0. The van der Waals surface area contributed by atoms with Crippen LogP contribution in [-0.2, 0) is 28.9 Å². The predicted octanol–water partition coefficient (Wildman–Crippen LogP) is 2.76. The van der Waals surface area contributed by atoms with Gasteiger partial charge in [-0.05, 0) is 42.6 Å². The first kappa shape index (κ1) is 18.0. The summed E-state index contributed by atoms with van der Waals surface area (Å²) in [5.74, 6) is 2.18. The number of nitrogens with zero attached hydrogens (tertiary/aromatic N) is 3. The monoisotopic (exact) mass is 395 g/mol. The zero-order valence-corrected chi connectivity index (χ0v) is 16.8. The van der Waals surface area contributed by atoms with E-state index in [0.717, 1.165) is 67.0 Å². The molecule has 2 aromatic rings. The Labute approximate surface area is 169 Å². The van der Waals surface area contributed by atoms with E-state index in [-0.39, 0.29) is 22.9 Å². The minimum absolute atomic E-state index is 0.0373. The fourth-order valence-electron chi connectivity index (χ4n) is 4.66. The molecular weight excluding hydrogens is 370 g/mol. The van der Waals surface area contributed by atoms with Crippen molar-refractivity contribution in [3.63, 3.8) is 0 Å². The summed E-state index contributed by atoms with van der Waals surface area (Å²) in [5.41, 5.74) is 2.89. The van der Waals surface area contributed by atoms with E-state index in [1.807, 2.05) is 34.9 Å². The quantitative estimate of drug-likeness (QED) is 0.799. The molecule has 3 aliphatic rings. The lowest BCUT2D eigenvalue weighted by molar-refractivity contribution is -0.135. The van der Waals surface area contributed by atoms with Crippen molar-refractivity contribution >= 4 is 17.7 Å². The lowest BCUT2D eigenvalue weighted by Crippen LogP contribution is -2.45. The van der Waals surface area contributed by atoms with Crippen LogP contribution in [0.5, 0.6) is 0 Å². The van der Waals surface area contributed by atoms with Gasteiger partial charge in [-0.25, -0.2) is 4.68 Å². The summed E-state index contributed by atoms with van der Waals surface area (Å²) >= 11 is 1.86. The maximum absolute atomic E-state index is 13.5. The smallest absolute Gasteiger partial charge is 0.267 e. The first-order valence-corrected chi connectivity index (χ1v) is 11.4. The Morgan fingerprint density at radius 2 is 2.07 bits per heavy atom. The summed E-state index contributed by atoms with van der Waals surface area (Å²) in [6, 6.07) is 12.0. The highest BCUT2D eigenvalue weighted by molar-refractivity contribution is 7.98. The molecule has 1 aromatic heterocycles. The van der Waals surface area contributed by atoms with E-state index in [4.69, 9.17) is 0 Å². The van der Waals surface area contributed by atoms with Crippen molar-refractivity contribution in [2.24, 2.45) is 0 Å². The van der Waals surface area contributed by atoms with Crippen LogP contribution in [0.2, 0.25) is 0 Å². The SMILES string of the molecule is O=C(N1CCCC1Cn1nc2c(cc1=O)CSCC2)C1(c2ccccc2)CC1. The van der Waals surface area contributed by atoms with Crippen LogP contribution in [0.1, 0.15) is 42.5 Å². The van der Waals surface area contributed by atoms with Crippen LogP contribution in [0.4, 0.5) is 0 Å². The van der Waals surface area contributed by atoms with Crippen LogP contribution in [0.3, 0.4) is 0 Å². The number of benzene rings is 1. The van der Waals surface area contributed by atoms with E-state index < -0.39 is 0 Å². The fourth-order valence-corrected chi connectivity index (χ4v) is 5.61. The van der Waals surface area contributed by atoms with Crippen molar-refractivity contribution in [1.29, 1.82) is 0 Å². The van der Waals surface area contributed by atoms with E-state index in [2.05, 4.69) is 17.2 Å². The first-order valence-electron chi connectivity index (χ1n) is 10.2. The second-order valence-corrected chi connectivity index (χ2v) is 9.29. The Kier molecular flexibility index (Phi) is 4.54. The van der Waals surface area contributed by atoms with Gasteiger partial charge in [0.05, 0.1) is 23.7 Å². The molecule has 1 unspecified atom stereocenters. The number of hydrogen-bond acceptors (Lipinski definition) is 4. The van der Waals surface area contributed by atoms with Crippen LogP contribution >= 0.6 is 11.8 Å². The summed E-state index contributed by atoms with van der Waals surface area (Å²) < 4.78 is 1.60. The Bertz CT molecular complexity index is 952. The topological polar surface area (TPSA) is 55.2 Å². The van der Waals surface area contributed by atoms with Crippen molar-refractivity contribution in [1.82, 2.24) is 14.7 Å². The number of amides is 1. The van der Waals surface area contributed by atoms with E-state index in [1.165, 1.54) is 0 Å². The Morgan fingerprint density at radius 1 is 1.25 bits per heavy atom. The first-order chi connectivity index (χ1) is 13.7. The normalized spacial score (nSPS) is 22.7. The van der Waals surface area contributed by atoms with Crippen LogP contribution in [-0.4, -0.2) is 38.9 Å². The molecule has 0 N–H and O–H groups in total. The molecule has 0 bridgehead atoms. The summed E-state index contributed by atoms with van der Waals surface area (Å²) in [7, 11) is 0. The molecule has 5 nitrogen and oxygen atoms in total. The standard InChI is InChI=1S/C22H25N3O2S/c26-20-13-16-15-28-12-8-19(16)23-25(20)14-18-7-4-11-24(18)21(27)22(9-10-22)17-5-2-1-3-6-17/h1-3,5-6,13,18H,4,7-12,14-15H2. The minimum Gasteiger partial charge on any atom is -0.337 e. The third kappa shape index (κ3) is 3.08. The molecule has 2 aliphatic heterocycles. The number of aryl methyl sites for hydroxylation is 1. The van der Waals surface area contributed by atoms with Gasteiger partial charge in [-0.3, -0.25) is 9.59 Å². The van der Waals surface area contributed by atoms with Gasteiger partial charge in [-0.2, -0.15) is 16.9 Å². The van der Waals surface area contributed by atoms with Crippen molar-refractivity contribution < 1.29 is 4.79 Å². The van der Waals surface area contributed by atoms with Gasteiger partial charge in [0.1, 0.15) is 0 Å². The number of carbonyl (C=O) groups is 1. The molecule has 146 valence electrons. The molecule has 28 heavy (non-hydrogen) atoms. The van der Waals surface area contributed by atoms with E-state index >= 15 is 0 Å². The number of aromatic nitrogens is 2. The molecule has 0 radical (unpaired) electrons. The molecule has 6 heteroatoms. The van der Waals surface area contributed by atoms with Crippen LogP contribution in [0, 0.1) is 0 Å². The predicted molar refractivity (Wildman–Crippen MR) is 110 cm³/mol.